The Labute approximate surface area is 98.9 Å². The van der Waals surface area contributed by atoms with Crippen molar-refractivity contribution in [3.63, 3.8) is 0 Å². The molecule has 0 fully saturated rings. The summed E-state index contributed by atoms with van der Waals surface area (Å²) in [6, 6.07) is 0. The lowest BCUT2D eigenvalue weighted by Crippen LogP contribution is -2.16. The Morgan fingerprint density at radius 2 is 2.12 bits per heavy atom. The van der Waals surface area contributed by atoms with E-state index in [1.807, 2.05) is 0 Å². The summed E-state index contributed by atoms with van der Waals surface area (Å²) in [5.41, 5.74) is 1.33. The van der Waals surface area contributed by atoms with Gasteiger partial charge in [0.05, 0.1) is 0 Å². The van der Waals surface area contributed by atoms with Gasteiger partial charge in [-0.25, -0.2) is 4.79 Å². The summed E-state index contributed by atoms with van der Waals surface area (Å²) >= 11 is 0. The van der Waals surface area contributed by atoms with Crippen molar-refractivity contribution in [2.75, 3.05) is 0 Å². The van der Waals surface area contributed by atoms with E-state index in [-0.39, 0.29) is 11.8 Å². The molecule has 17 heavy (non-hydrogen) atoms. The van der Waals surface area contributed by atoms with Crippen LogP contribution in [0.4, 0.5) is 0 Å². The first kappa shape index (κ1) is 11.6. The molecule has 1 aromatic rings. The minimum atomic E-state index is -0.726. The van der Waals surface area contributed by atoms with Crippen molar-refractivity contribution in [3.8, 4) is 11.8 Å². The van der Waals surface area contributed by atoms with Gasteiger partial charge in [-0.3, -0.25) is 0 Å². The fraction of sp³-hybridized carbons (Fsp3) is 0.417. The van der Waals surface area contributed by atoms with Crippen LogP contribution in [-0.4, -0.2) is 20.9 Å². The molecule has 0 bridgehead atoms. The molecule has 1 heterocycles. The summed E-state index contributed by atoms with van der Waals surface area (Å²) < 4.78 is 0.771. The number of carbonyl (C=O) groups is 1. The minimum absolute atomic E-state index is 0.195. The van der Waals surface area contributed by atoms with Crippen molar-refractivity contribution in [2.45, 2.75) is 26.2 Å². The minimum Gasteiger partial charge on any atom is -0.492 e. The molecule has 0 amide bonds. The van der Waals surface area contributed by atoms with Crippen LogP contribution < -0.4 is 4.84 Å². The first-order valence-electron chi connectivity index (χ1n) is 5.53. The van der Waals surface area contributed by atoms with Gasteiger partial charge in [-0.2, -0.15) is 0 Å². The van der Waals surface area contributed by atoms with Crippen LogP contribution in [0.5, 0.6) is 11.8 Å². The van der Waals surface area contributed by atoms with Crippen LogP contribution in [0.3, 0.4) is 0 Å². The molecule has 0 saturated carbocycles. The van der Waals surface area contributed by atoms with E-state index >= 15 is 0 Å². The number of aromatic nitrogens is 1. The molecule has 0 radical (unpaired) electrons. The standard InChI is InChI=1S/C12H15NO4/c1-3-10(14)17-13-11(15)8-5-4-7(2)6-9(8)12(13)16/h3,7,15-16H,1,4-6H2,2H3. The molecule has 2 N–H and O–H groups in total. The summed E-state index contributed by atoms with van der Waals surface area (Å²) in [6.45, 7) is 5.33. The SMILES string of the molecule is C=CC(=O)On1c(O)c2c(c1O)CC(C)CC2. The highest BCUT2D eigenvalue weighted by atomic mass is 16.7. The molecular weight excluding hydrogens is 222 g/mol. The van der Waals surface area contributed by atoms with Crippen LogP contribution in [0, 0.1) is 5.92 Å². The van der Waals surface area contributed by atoms with Crippen molar-refractivity contribution in [2.24, 2.45) is 5.92 Å². The van der Waals surface area contributed by atoms with Gasteiger partial charge in [0.15, 0.2) is 0 Å². The second-order valence-electron chi connectivity index (χ2n) is 4.36. The van der Waals surface area contributed by atoms with E-state index in [1.165, 1.54) is 0 Å². The van der Waals surface area contributed by atoms with Crippen LogP contribution in [0.2, 0.25) is 0 Å². The van der Waals surface area contributed by atoms with Crippen molar-refractivity contribution >= 4 is 5.97 Å². The zero-order valence-corrected chi connectivity index (χ0v) is 9.64. The molecule has 1 aliphatic carbocycles. The van der Waals surface area contributed by atoms with Gasteiger partial charge >= 0.3 is 5.97 Å². The lowest BCUT2D eigenvalue weighted by atomic mass is 9.87. The number of carbonyl (C=O) groups excluding carboxylic acids is 1. The smallest absolute Gasteiger partial charge is 0.356 e. The number of hydrogen-bond acceptors (Lipinski definition) is 4. The van der Waals surface area contributed by atoms with Crippen LogP contribution in [0.25, 0.3) is 0 Å². The Morgan fingerprint density at radius 3 is 2.76 bits per heavy atom. The zero-order valence-electron chi connectivity index (χ0n) is 9.64. The number of aromatic hydroxyl groups is 2. The first-order chi connectivity index (χ1) is 8.04. The second-order valence-corrected chi connectivity index (χ2v) is 4.36. The quantitative estimate of drug-likeness (QED) is 0.757. The van der Waals surface area contributed by atoms with E-state index in [4.69, 9.17) is 4.84 Å². The van der Waals surface area contributed by atoms with Crippen LogP contribution in [0.1, 0.15) is 24.5 Å². The fourth-order valence-electron chi connectivity index (χ4n) is 2.15. The van der Waals surface area contributed by atoms with E-state index in [0.29, 0.717) is 29.9 Å². The number of nitrogens with zero attached hydrogens (tertiary/aromatic N) is 1. The van der Waals surface area contributed by atoms with Crippen molar-refractivity contribution in [1.82, 2.24) is 4.73 Å². The average molecular weight is 237 g/mol. The molecule has 0 saturated heterocycles. The lowest BCUT2D eigenvalue weighted by molar-refractivity contribution is -0.139. The molecular formula is C12H15NO4. The number of hydrogen-bond donors (Lipinski definition) is 2. The lowest BCUT2D eigenvalue weighted by Gasteiger charge is -2.17. The molecule has 92 valence electrons. The molecule has 1 unspecified atom stereocenters. The van der Waals surface area contributed by atoms with Gasteiger partial charge in [-0.05, 0) is 25.2 Å². The summed E-state index contributed by atoms with van der Waals surface area (Å²) in [6.07, 6.45) is 3.27. The molecule has 1 aliphatic rings. The predicted molar refractivity (Wildman–Crippen MR) is 60.7 cm³/mol. The van der Waals surface area contributed by atoms with E-state index in [2.05, 4.69) is 13.5 Å². The average Bonchev–Trinajstić information content (AvgIpc) is 2.54. The van der Waals surface area contributed by atoms with E-state index in [1.54, 1.807) is 0 Å². The summed E-state index contributed by atoms with van der Waals surface area (Å²) in [5.74, 6) is -0.673. The van der Waals surface area contributed by atoms with E-state index in [0.717, 1.165) is 17.2 Å². The van der Waals surface area contributed by atoms with Gasteiger partial charge in [0.1, 0.15) is 0 Å². The maximum Gasteiger partial charge on any atom is 0.356 e. The van der Waals surface area contributed by atoms with E-state index < -0.39 is 5.97 Å². The topological polar surface area (TPSA) is 71.7 Å². The number of fused-ring (bicyclic) bond motifs is 1. The molecule has 5 heteroatoms. The molecule has 2 rings (SSSR count). The first-order valence-corrected chi connectivity index (χ1v) is 5.53. The summed E-state index contributed by atoms with van der Waals surface area (Å²) in [4.78, 5) is 15.9. The van der Waals surface area contributed by atoms with Gasteiger partial charge in [0.25, 0.3) is 0 Å². The third-order valence-corrected chi connectivity index (χ3v) is 3.08. The molecule has 1 atom stereocenters. The molecule has 1 aromatic heterocycles. The largest absolute Gasteiger partial charge is 0.492 e. The maximum absolute atomic E-state index is 11.1. The van der Waals surface area contributed by atoms with E-state index in [9.17, 15) is 15.0 Å². The van der Waals surface area contributed by atoms with Crippen LogP contribution >= 0.6 is 0 Å². The molecule has 5 nitrogen and oxygen atoms in total. The Morgan fingerprint density at radius 1 is 1.47 bits per heavy atom. The Kier molecular flexibility index (Phi) is 2.83. The van der Waals surface area contributed by atoms with Gasteiger partial charge in [-0.1, -0.05) is 13.5 Å². The second kappa shape index (κ2) is 4.16. The van der Waals surface area contributed by atoms with Gasteiger partial charge in [-0.15, -0.1) is 4.73 Å². The predicted octanol–water partition coefficient (Wildman–Crippen LogP) is 1.17. The van der Waals surface area contributed by atoms with Crippen molar-refractivity contribution in [1.29, 1.82) is 0 Å². The zero-order chi connectivity index (χ0) is 12.6. The Balaban J connectivity index is 2.41. The van der Waals surface area contributed by atoms with Crippen LogP contribution in [0.15, 0.2) is 12.7 Å². The Bertz CT molecular complexity index is 475. The van der Waals surface area contributed by atoms with Gasteiger partial charge in [0.2, 0.25) is 11.8 Å². The monoisotopic (exact) mass is 237 g/mol. The molecule has 0 aromatic carbocycles. The summed E-state index contributed by atoms with van der Waals surface area (Å²) in [7, 11) is 0. The van der Waals surface area contributed by atoms with Crippen molar-refractivity contribution in [3.05, 3.63) is 23.8 Å². The highest BCUT2D eigenvalue weighted by molar-refractivity contribution is 5.81. The molecule has 0 aliphatic heterocycles. The maximum atomic E-state index is 11.1. The third kappa shape index (κ3) is 1.88. The normalized spacial score (nSPS) is 18.5. The number of rotatable bonds is 2. The van der Waals surface area contributed by atoms with Crippen LogP contribution in [-0.2, 0) is 17.6 Å². The third-order valence-electron chi connectivity index (χ3n) is 3.08. The fourth-order valence-corrected chi connectivity index (χ4v) is 2.15. The molecule has 0 spiro atoms. The summed E-state index contributed by atoms with van der Waals surface area (Å²) in [5, 5.41) is 19.8. The highest BCUT2D eigenvalue weighted by Crippen LogP contribution is 2.39. The Hall–Kier alpha value is -1.91. The highest BCUT2D eigenvalue weighted by Gasteiger charge is 2.28. The van der Waals surface area contributed by atoms with Crippen molar-refractivity contribution < 1.29 is 19.8 Å². The van der Waals surface area contributed by atoms with Gasteiger partial charge in [0, 0.05) is 17.2 Å². The van der Waals surface area contributed by atoms with Gasteiger partial charge < -0.3 is 15.1 Å².